The topological polar surface area (TPSA) is 49.3 Å². The molecule has 19 heavy (non-hydrogen) atoms. The van der Waals surface area contributed by atoms with Gasteiger partial charge in [0, 0.05) is 45.1 Å². The fraction of sp³-hybridized carbons (Fsp3) is 0.643. The summed E-state index contributed by atoms with van der Waals surface area (Å²) in [6.07, 6.45) is 3.78. The van der Waals surface area contributed by atoms with E-state index in [-0.39, 0.29) is 0 Å². The van der Waals surface area contributed by atoms with Gasteiger partial charge < -0.3 is 9.80 Å². The van der Waals surface area contributed by atoms with Crippen molar-refractivity contribution in [3.05, 3.63) is 11.9 Å². The van der Waals surface area contributed by atoms with Gasteiger partial charge in [0.15, 0.2) is 0 Å². The van der Waals surface area contributed by atoms with Crippen molar-refractivity contribution in [3.8, 4) is 0 Å². The molecule has 3 heterocycles. The van der Waals surface area contributed by atoms with Crippen LogP contribution in [0.3, 0.4) is 0 Å². The maximum absolute atomic E-state index is 11.3. The summed E-state index contributed by atoms with van der Waals surface area (Å²) < 4.78 is 0. The molecule has 5 nitrogen and oxygen atoms in total. The second-order valence-electron chi connectivity index (χ2n) is 5.35. The number of aryl methyl sites for hydroxylation is 1. The molecule has 0 spiro atoms. The van der Waals surface area contributed by atoms with Gasteiger partial charge in [-0.3, -0.25) is 4.79 Å². The monoisotopic (exact) mass is 260 g/mol. The highest BCUT2D eigenvalue weighted by molar-refractivity contribution is 5.80. The van der Waals surface area contributed by atoms with E-state index >= 15 is 0 Å². The highest BCUT2D eigenvalue weighted by atomic mass is 16.1. The van der Waals surface area contributed by atoms with E-state index in [0.29, 0.717) is 18.6 Å². The summed E-state index contributed by atoms with van der Waals surface area (Å²) >= 11 is 0. The summed E-state index contributed by atoms with van der Waals surface area (Å²) in [7, 11) is 0. The predicted molar refractivity (Wildman–Crippen MR) is 74.7 cm³/mol. The molecule has 0 bridgehead atoms. The lowest BCUT2D eigenvalue weighted by Gasteiger charge is -2.28. The minimum absolute atomic E-state index is 0.363. The van der Waals surface area contributed by atoms with Crippen LogP contribution in [0, 0.1) is 6.92 Å². The first-order valence-corrected chi connectivity index (χ1v) is 7.10. The molecule has 102 valence electrons. The molecule has 2 aliphatic heterocycles. The van der Waals surface area contributed by atoms with Gasteiger partial charge in [0.05, 0.1) is 0 Å². The van der Waals surface area contributed by atoms with Crippen molar-refractivity contribution in [2.45, 2.75) is 32.6 Å². The number of anilines is 2. The maximum atomic E-state index is 11.3. The van der Waals surface area contributed by atoms with Gasteiger partial charge in [0.25, 0.3) is 0 Å². The Bertz CT molecular complexity index is 472. The Labute approximate surface area is 113 Å². The van der Waals surface area contributed by atoms with E-state index < -0.39 is 0 Å². The molecule has 0 N–H and O–H groups in total. The third-order valence-corrected chi connectivity index (χ3v) is 3.89. The van der Waals surface area contributed by atoms with Crippen molar-refractivity contribution >= 4 is 17.4 Å². The summed E-state index contributed by atoms with van der Waals surface area (Å²) in [6, 6.07) is 2.08. The minimum Gasteiger partial charge on any atom is -0.356 e. The van der Waals surface area contributed by atoms with Gasteiger partial charge >= 0.3 is 0 Å². The number of Topliss-reactive ketones (excluding diaryl/α,β-unsaturated/α-hetero) is 1. The lowest BCUT2D eigenvalue weighted by atomic mass is 10.1. The summed E-state index contributed by atoms with van der Waals surface area (Å²) in [5, 5.41) is 0. The Morgan fingerprint density at radius 3 is 2.05 bits per heavy atom. The molecule has 0 aromatic carbocycles. The quantitative estimate of drug-likeness (QED) is 0.807. The molecular weight excluding hydrogens is 240 g/mol. The molecule has 1 aromatic rings. The number of aromatic nitrogens is 2. The number of carbonyl (C=O) groups is 1. The second-order valence-corrected chi connectivity index (χ2v) is 5.35. The van der Waals surface area contributed by atoms with Gasteiger partial charge in [-0.25, -0.2) is 9.97 Å². The number of ketones is 1. The van der Waals surface area contributed by atoms with E-state index in [1.165, 1.54) is 12.8 Å². The Balaban J connectivity index is 1.82. The van der Waals surface area contributed by atoms with Crippen LogP contribution in [0.1, 0.15) is 31.5 Å². The number of piperidine rings is 1. The molecule has 3 rings (SSSR count). The molecule has 2 aliphatic rings. The van der Waals surface area contributed by atoms with Crippen LogP contribution >= 0.6 is 0 Å². The zero-order chi connectivity index (χ0) is 13.2. The van der Waals surface area contributed by atoms with Crippen LogP contribution in [0.2, 0.25) is 0 Å². The predicted octanol–water partition coefficient (Wildman–Crippen LogP) is 1.55. The van der Waals surface area contributed by atoms with E-state index in [4.69, 9.17) is 0 Å². The highest BCUT2D eigenvalue weighted by Gasteiger charge is 2.20. The van der Waals surface area contributed by atoms with Crippen LogP contribution in [0.4, 0.5) is 11.6 Å². The lowest BCUT2D eigenvalue weighted by molar-refractivity contribution is -0.119. The number of hydrogen-bond donors (Lipinski definition) is 0. The van der Waals surface area contributed by atoms with E-state index in [1.54, 1.807) is 0 Å². The highest BCUT2D eigenvalue weighted by Crippen LogP contribution is 2.24. The van der Waals surface area contributed by atoms with Crippen LogP contribution in [0.25, 0.3) is 0 Å². The third-order valence-electron chi connectivity index (χ3n) is 3.89. The Morgan fingerprint density at radius 1 is 0.947 bits per heavy atom. The van der Waals surface area contributed by atoms with Crippen molar-refractivity contribution in [3.63, 3.8) is 0 Å². The summed E-state index contributed by atoms with van der Waals surface area (Å²) in [5.74, 6) is 3.19. The summed E-state index contributed by atoms with van der Waals surface area (Å²) in [4.78, 5) is 24.9. The van der Waals surface area contributed by atoms with E-state index in [0.717, 1.165) is 43.6 Å². The van der Waals surface area contributed by atoms with Crippen molar-refractivity contribution in [1.82, 2.24) is 9.97 Å². The van der Waals surface area contributed by atoms with Gasteiger partial charge in [-0.05, 0) is 19.8 Å². The van der Waals surface area contributed by atoms with Crippen LogP contribution in [-0.4, -0.2) is 41.9 Å². The van der Waals surface area contributed by atoms with Gasteiger partial charge in [-0.2, -0.15) is 0 Å². The van der Waals surface area contributed by atoms with Crippen molar-refractivity contribution in [1.29, 1.82) is 0 Å². The average Bonchev–Trinajstić information content (AvgIpc) is 2.93. The molecule has 2 saturated heterocycles. The lowest BCUT2D eigenvalue weighted by Crippen LogP contribution is -2.34. The molecule has 0 amide bonds. The molecule has 5 heteroatoms. The number of hydrogen-bond acceptors (Lipinski definition) is 5. The van der Waals surface area contributed by atoms with Gasteiger partial charge in [-0.15, -0.1) is 0 Å². The second kappa shape index (κ2) is 5.15. The van der Waals surface area contributed by atoms with Crippen LogP contribution in [0.5, 0.6) is 0 Å². The molecule has 1 aromatic heterocycles. The first-order chi connectivity index (χ1) is 9.22. The third kappa shape index (κ3) is 2.69. The fourth-order valence-electron chi connectivity index (χ4n) is 2.79. The summed E-state index contributed by atoms with van der Waals surface area (Å²) in [5.41, 5.74) is 0. The van der Waals surface area contributed by atoms with Crippen LogP contribution < -0.4 is 9.80 Å². The SMILES string of the molecule is Cc1nc(N2CCCC2)cc(N2CCC(=O)CC2)n1. The maximum Gasteiger partial charge on any atom is 0.136 e. The summed E-state index contributed by atoms with van der Waals surface area (Å²) in [6.45, 7) is 5.70. The molecule has 0 atom stereocenters. The number of carbonyl (C=O) groups excluding carboxylic acids is 1. The van der Waals surface area contributed by atoms with Crippen LogP contribution in [0.15, 0.2) is 6.07 Å². The van der Waals surface area contributed by atoms with Gasteiger partial charge in [0.1, 0.15) is 23.2 Å². The first-order valence-electron chi connectivity index (χ1n) is 7.10. The average molecular weight is 260 g/mol. The number of rotatable bonds is 2. The van der Waals surface area contributed by atoms with Gasteiger partial charge in [-0.1, -0.05) is 0 Å². The minimum atomic E-state index is 0.363. The van der Waals surface area contributed by atoms with Crippen molar-refractivity contribution < 1.29 is 4.79 Å². The number of nitrogens with zero attached hydrogens (tertiary/aromatic N) is 4. The fourth-order valence-corrected chi connectivity index (χ4v) is 2.79. The Morgan fingerprint density at radius 2 is 1.47 bits per heavy atom. The molecule has 0 unspecified atom stereocenters. The largest absolute Gasteiger partial charge is 0.356 e. The standard InChI is InChI=1S/C14H20N4O/c1-11-15-13(17-6-2-3-7-17)10-14(16-11)18-8-4-12(19)5-9-18/h10H,2-9H2,1H3. The zero-order valence-electron chi connectivity index (χ0n) is 11.4. The molecule has 0 saturated carbocycles. The van der Waals surface area contributed by atoms with Crippen LogP contribution in [-0.2, 0) is 4.79 Å². The molecule has 0 aliphatic carbocycles. The Kier molecular flexibility index (Phi) is 3.36. The first kappa shape index (κ1) is 12.4. The normalized spacial score (nSPS) is 20.2. The van der Waals surface area contributed by atoms with E-state index in [2.05, 4.69) is 25.8 Å². The van der Waals surface area contributed by atoms with Gasteiger partial charge in [0.2, 0.25) is 0 Å². The molecule has 2 fully saturated rings. The Hall–Kier alpha value is -1.65. The zero-order valence-corrected chi connectivity index (χ0v) is 11.4. The van der Waals surface area contributed by atoms with E-state index in [1.807, 2.05) is 6.92 Å². The smallest absolute Gasteiger partial charge is 0.136 e. The molecular formula is C14H20N4O. The van der Waals surface area contributed by atoms with E-state index in [9.17, 15) is 4.79 Å². The van der Waals surface area contributed by atoms with Crippen molar-refractivity contribution in [2.75, 3.05) is 36.0 Å². The van der Waals surface area contributed by atoms with Crippen molar-refractivity contribution in [2.24, 2.45) is 0 Å². The molecule has 0 radical (unpaired) electrons.